The molecule has 1 heterocycles. The number of rotatable bonds is 3. The van der Waals surface area contributed by atoms with Crippen molar-refractivity contribution in [1.29, 1.82) is 0 Å². The molecule has 0 aliphatic rings. The van der Waals surface area contributed by atoms with Gasteiger partial charge >= 0.3 is 12.1 Å². The molecule has 0 unspecified atom stereocenters. The lowest BCUT2D eigenvalue weighted by atomic mass is 10.0. The molecule has 0 radical (unpaired) electrons. The first-order valence-electron chi connectivity index (χ1n) is 6.59. The van der Waals surface area contributed by atoms with Crippen molar-refractivity contribution >= 4 is 16.9 Å². The van der Waals surface area contributed by atoms with E-state index in [1.807, 2.05) is 0 Å². The van der Waals surface area contributed by atoms with E-state index in [1.165, 1.54) is 6.07 Å². The van der Waals surface area contributed by atoms with Crippen LogP contribution in [0.2, 0.25) is 0 Å². The topological polar surface area (TPSA) is 59.3 Å². The smallest absolute Gasteiger partial charge is 0.418 e. The summed E-state index contributed by atoms with van der Waals surface area (Å²) in [4.78, 5) is 23.0. The molecule has 2 rings (SSSR count). The van der Waals surface area contributed by atoms with Crippen LogP contribution in [0.1, 0.15) is 29.8 Å². The molecule has 0 amide bonds. The van der Waals surface area contributed by atoms with E-state index in [2.05, 4.69) is 0 Å². The molecule has 0 saturated heterocycles. The van der Waals surface area contributed by atoms with Gasteiger partial charge in [-0.15, -0.1) is 0 Å². The van der Waals surface area contributed by atoms with Gasteiger partial charge in [0.1, 0.15) is 0 Å². The van der Waals surface area contributed by atoms with Crippen LogP contribution in [0, 0.1) is 5.92 Å². The fraction of sp³-hybridized carbons (Fsp3) is 0.333. The van der Waals surface area contributed by atoms with E-state index < -0.39 is 28.8 Å². The molecule has 0 aliphatic carbocycles. The minimum atomic E-state index is -4.75. The van der Waals surface area contributed by atoms with Gasteiger partial charge in [-0.2, -0.15) is 13.2 Å². The van der Waals surface area contributed by atoms with Crippen LogP contribution in [-0.4, -0.2) is 15.6 Å². The molecule has 0 saturated carbocycles. The Hall–Kier alpha value is -2.31. The predicted molar refractivity (Wildman–Crippen MR) is 75.0 cm³/mol. The lowest BCUT2D eigenvalue weighted by molar-refractivity contribution is -0.136. The predicted octanol–water partition coefficient (Wildman–Crippen LogP) is 3.37. The Bertz CT molecular complexity index is 791. The van der Waals surface area contributed by atoms with E-state index in [-0.39, 0.29) is 23.4 Å². The zero-order valence-corrected chi connectivity index (χ0v) is 11.9. The Kier molecular flexibility index (Phi) is 4.00. The van der Waals surface area contributed by atoms with Crippen molar-refractivity contribution in [2.75, 3.05) is 0 Å². The second kappa shape index (κ2) is 5.47. The van der Waals surface area contributed by atoms with Crippen LogP contribution in [0.4, 0.5) is 13.2 Å². The molecule has 0 spiro atoms. The highest BCUT2D eigenvalue weighted by atomic mass is 19.4. The number of hydrogen-bond acceptors (Lipinski definition) is 2. The maximum Gasteiger partial charge on any atom is 0.418 e. The van der Waals surface area contributed by atoms with Gasteiger partial charge < -0.3 is 9.67 Å². The number of hydrogen-bond donors (Lipinski definition) is 1. The van der Waals surface area contributed by atoms with E-state index in [0.717, 1.165) is 16.7 Å². The minimum absolute atomic E-state index is 0.0384. The molecule has 4 nitrogen and oxygen atoms in total. The molecule has 2 aromatic rings. The number of carbonyl (C=O) groups is 1. The Morgan fingerprint density at radius 1 is 1.27 bits per heavy atom. The normalized spacial score (nSPS) is 12.1. The summed E-state index contributed by atoms with van der Waals surface area (Å²) in [6, 6.07) is 4.08. The van der Waals surface area contributed by atoms with Gasteiger partial charge in [0.15, 0.2) is 0 Å². The maximum atomic E-state index is 13.3. The van der Waals surface area contributed by atoms with Gasteiger partial charge in [-0.05, 0) is 29.5 Å². The number of benzene rings is 1. The number of aromatic carboxylic acids is 1. The van der Waals surface area contributed by atoms with Crippen LogP contribution >= 0.6 is 0 Å². The third-order valence-electron chi connectivity index (χ3n) is 3.18. The number of pyridine rings is 1. The fourth-order valence-electron chi connectivity index (χ4n) is 2.33. The molecule has 0 atom stereocenters. The highest BCUT2D eigenvalue weighted by molar-refractivity contribution is 5.95. The van der Waals surface area contributed by atoms with Gasteiger partial charge in [0, 0.05) is 12.6 Å². The third kappa shape index (κ3) is 2.98. The second-order valence-corrected chi connectivity index (χ2v) is 5.44. The Labute approximate surface area is 123 Å². The average molecular weight is 313 g/mol. The number of alkyl halides is 3. The van der Waals surface area contributed by atoms with Gasteiger partial charge in [0.05, 0.1) is 16.6 Å². The second-order valence-electron chi connectivity index (χ2n) is 5.44. The zero-order chi connectivity index (χ0) is 16.7. The van der Waals surface area contributed by atoms with Crippen molar-refractivity contribution < 1.29 is 23.1 Å². The lowest BCUT2D eigenvalue weighted by Crippen LogP contribution is -2.24. The summed E-state index contributed by atoms with van der Waals surface area (Å²) in [5.74, 6) is -1.49. The Morgan fingerprint density at radius 3 is 2.41 bits per heavy atom. The molecule has 0 aliphatic heterocycles. The fourth-order valence-corrected chi connectivity index (χ4v) is 2.33. The zero-order valence-electron chi connectivity index (χ0n) is 11.9. The van der Waals surface area contributed by atoms with E-state index >= 15 is 0 Å². The maximum absolute atomic E-state index is 13.3. The van der Waals surface area contributed by atoms with Crippen LogP contribution in [0.5, 0.6) is 0 Å². The lowest BCUT2D eigenvalue weighted by Gasteiger charge is -2.18. The van der Waals surface area contributed by atoms with Gasteiger partial charge in [-0.25, -0.2) is 4.79 Å². The van der Waals surface area contributed by atoms with Crippen LogP contribution < -0.4 is 5.56 Å². The Balaban J connectivity index is 2.94. The number of aromatic nitrogens is 1. The SMILES string of the molecule is CC(C)Cn1c(=O)ccc2cc(C(=O)O)cc(C(F)(F)F)c21. The molecular formula is C15H14F3NO3. The standard InChI is InChI=1S/C15H14F3NO3/c1-8(2)7-19-12(20)4-3-9-5-10(14(21)22)6-11(13(9)19)15(16,17)18/h3-6,8H,7H2,1-2H3,(H,21,22). The molecule has 22 heavy (non-hydrogen) atoms. The summed E-state index contributed by atoms with van der Waals surface area (Å²) in [7, 11) is 0. The summed E-state index contributed by atoms with van der Waals surface area (Å²) >= 11 is 0. The quantitative estimate of drug-likeness (QED) is 0.945. The summed E-state index contributed by atoms with van der Waals surface area (Å²) in [6.07, 6.45) is -4.75. The van der Waals surface area contributed by atoms with E-state index in [9.17, 15) is 22.8 Å². The first kappa shape index (κ1) is 16.1. The molecule has 1 N–H and O–H groups in total. The van der Waals surface area contributed by atoms with Crippen molar-refractivity contribution in [2.45, 2.75) is 26.6 Å². The molecule has 7 heteroatoms. The summed E-state index contributed by atoms with van der Waals surface area (Å²) in [5, 5.41) is 9.04. The van der Waals surface area contributed by atoms with E-state index in [0.29, 0.717) is 6.07 Å². The van der Waals surface area contributed by atoms with Gasteiger partial charge in [0.25, 0.3) is 5.56 Å². The van der Waals surface area contributed by atoms with Gasteiger partial charge in [-0.1, -0.05) is 13.8 Å². The first-order chi connectivity index (χ1) is 10.1. The number of nitrogens with zero attached hydrogens (tertiary/aromatic N) is 1. The molecule has 1 aromatic heterocycles. The molecule has 1 aromatic carbocycles. The van der Waals surface area contributed by atoms with Crippen molar-refractivity contribution in [2.24, 2.45) is 5.92 Å². The highest BCUT2D eigenvalue weighted by Crippen LogP contribution is 2.35. The molecular weight excluding hydrogens is 299 g/mol. The van der Waals surface area contributed by atoms with Crippen molar-refractivity contribution in [1.82, 2.24) is 4.57 Å². The van der Waals surface area contributed by atoms with Crippen LogP contribution in [0.15, 0.2) is 29.1 Å². The number of carboxylic acid groups (broad SMARTS) is 1. The van der Waals surface area contributed by atoms with Gasteiger partial charge in [0.2, 0.25) is 0 Å². The van der Waals surface area contributed by atoms with Crippen LogP contribution in [-0.2, 0) is 12.7 Å². The summed E-state index contributed by atoms with van der Waals surface area (Å²) in [5.41, 5.74) is -2.40. The average Bonchev–Trinajstić information content (AvgIpc) is 2.39. The summed E-state index contributed by atoms with van der Waals surface area (Å²) < 4.78 is 41.0. The first-order valence-corrected chi connectivity index (χ1v) is 6.59. The van der Waals surface area contributed by atoms with Gasteiger partial charge in [-0.3, -0.25) is 4.79 Å². The largest absolute Gasteiger partial charge is 0.478 e. The molecule has 0 bridgehead atoms. The molecule has 118 valence electrons. The number of halogens is 3. The highest BCUT2D eigenvalue weighted by Gasteiger charge is 2.35. The van der Waals surface area contributed by atoms with Crippen molar-refractivity contribution in [3.8, 4) is 0 Å². The number of carboxylic acids is 1. The van der Waals surface area contributed by atoms with Crippen molar-refractivity contribution in [3.63, 3.8) is 0 Å². The third-order valence-corrected chi connectivity index (χ3v) is 3.18. The van der Waals surface area contributed by atoms with Crippen LogP contribution in [0.25, 0.3) is 10.9 Å². The monoisotopic (exact) mass is 313 g/mol. The Morgan fingerprint density at radius 2 is 1.91 bits per heavy atom. The summed E-state index contributed by atoms with van der Waals surface area (Å²) in [6.45, 7) is 3.68. The minimum Gasteiger partial charge on any atom is -0.478 e. The molecule has 0 fully saturated rings. The number of fused-ring (bicyclic) bond motifs is 1. The van der Waals surface area contributed by atoms with E-state index in [1.54, 1.807) is 13.8 Å². The van der Waals surface area contributed by atoms with Crippen LogP contribution in [0.3, 0.4) is 0 Å². The van der Waals surface area contributed by atoms with E-state index in [4.69, 9.17) is 5.11 Å². The van der Waals surface area contributed by atoms with Crippen molar-refractivity contribution in [3.05, 3.63) is 45.7 Å².